The van der Waals surface area contributed by atoms with Crippen LogP contribution in [0.5, 0.6) is 0 Å². The summed E-state index contributed by atoms with van der Waals surface area (Å²) < 4.78 is 0. The van der Waals surface area contributed by atoms with Crippen LogP contribution < -0.4 is 0 Å². The van der Waals surface area contributed by atoms with E-state index in [0.29, 0.717) is 12.1 Å². The van der Waals surface area contributed by atoms with Crippen molar-refractivity contribution in [3.63, 3.8) is 0 Å². The first kappa shape index (κ1) is 6.52. The zero-order valence-electron chi connectivity index (χ0n) is 6.55. The Morgan fingerprint density at radius 1 is 0.889 bits per heavy atom. The number of aromatic amines is 1. The van der Waals surface area contributed by atoms with Crippen LogP contribution in [0, 0.1) is 0 Å². The number of nitrogens with zero attached hydrogens (tertiary/aromatic N) is 2. The molecule has 0 atom stereocenters. The van der Waals surface area contributed by atoms with Crippen LogP contribution in [0.25, 0.3) is 0 Å². The lowest BCUT2D eigenvalue weighted by atomic mass is 10.4. The Labute approximate surface area is 55.6 Å². The number of H-pyrrole nitrogens is 1. The van der Waals surface area contributed by atoms with Gasteiger partial charge in [0.2, 0.25) is 0 Å². The van der Waals surface area contributed by atoms with Crippen molar-refractivity contribution in [2.75, 3.05) is 0 Å². The molecule has 1 heterocycles. The first-order chi connectivity index (χ1) is 4.13. The third-order valence-electron chi connectivity index (χ3n) is 1.38. The highest BCUT2D eigenvalue weighted by Gasteiger charge is 2.11. The average Bonchev–Trinajstić information content (AvgIpc) is 2.39. The maximum absolute atomic E-state index is 3.13. The molecule has 1 rings (SSSR count). The fourth-order valence-corrected chi connectivity index (χ4v) is 0.814. The topological polar surface area (TPSA) is 25.6 Å². The molecule has 9 heavy (non-hydrogen) atoms. The van der Waals surface area contributed by atoms with E-state index in [1.54, 1.807) is 0 Å². The van der Waals surface area contributed by atoms with Crippen molar-refractivity contribution in [1.29, 1.82) is 0 Å². The summed E-state index contributed by atoms with van der Waals surface area (Å²) in [6.07, 6.45) is 0. The summed E-state index contributed by atoms with van der Waals surface area (Å²) in [5.74, 6) is 0. The second-order valence-electron chi connectivity index (χ2n) is 2.98. The lowest BCUT2D eigenvalue weighted by Crippen LogP contribution is -1.99. The zero-order chi connectivity index (χ0) is 7.02. The van der Waals surface area contributed by atoms with E-state index in [4.69, 9.17) is 0 Å². The molecular formula is C6H15N3. The molecule has 1 aromatic heterocycles. The van der Waals surface area contributed by atoms with Crippen LogP contribution in [-0.4, -0.2) is 14.8 Å². The van der Waals surface area contributed by atoms with Gasteiger partial charge in [-0.1, -0.05) is 0 Å². The van der Waals surface area contributed by atoms with E-state index in [-0.39, 0.29) is 0 Å². The van der Waals surface area contributed by atoms with Crippen LogP contribution in [0.3, 0.4) is 0 Å². The van der Waals surface area contributed by atoms with Crippen LogP contribution >= 0.6 is 0 Å². The van der Waals surface area contributed by atoms with Gasteiger partial charge in [-0.15, -0.1) is 0 Å². The van der Waals surface area contributed by atoms with Crippen molar-refractivity contribution >= 4 is 0 Å². The summed E-state index contributed by atoms with van der Waals surface area (Å²) in [6.45, 7) is 8.65. The van der Waals surface area contributed by atoms with Gasteiger partial charge in [-0.25, -0.2) is 5.21 Å². The van der Waals surface area contributed by atoms with Gasteiger partial charge in [-0.3, -0.25) is 0 Å². The summed E-state index contributed by atoms with van der Waals surface area (Å²) in [5.41, 5.74) is 0. The summed E-state index contributed by atoms with van der Waals surface area (Å²) >= 11 is 0. The SMILES string of the molecule is CC(C)n1[nH]n1C(C)C. The van der Waals surface area contributed by atoms with Gasteiger partial charge < -0.3 is 0 Å². The Morgan fingerprint density at radius 3 is 1.33 bits per heavy atom. The van der Waals surface area contributed by atoms with Crippen molar-refractivity contribution in [2.45, 2.75) is 39.8 Å². The fraction of sp³-hybridized carbons (Fsp3) is 1.00. The lowest BCUT2D eigenvalue weighted by molar-refractivity contribution is 0.484. The van der Waals surface area contributed by atoms with Gasteiger partial charge in [0, 0.05) is 0 Å². The van der Waals surface area contributed by atoms with E-state index in [9.17, 15) is 0 Å². The van der Waals surface area contributed by atoms with Crippen LogP contribution in [0.4, 0.5) is 0 Å². The van der Waals surface area contributed by atoms with E-state index in [0.717, 1.165) is 0 Å². The van der Waals surface area contributed by atoms with E-state index in [2.05, 4.69) is 42.5 Å². The maximum Gasteiger partial charge on any atom is 0.0649 e. The smallest absolute Gasteiger partial charge is 0.0649 e. The van der Waals surface area contributed by atoms with E-state index in [1.807, 2.05) is 0 Å². The maximum atomic E-state index is 3.13. The molecule has 0 radical (unpaired) electrons. The van der Waals surface area contributed by atoms with Gasteiger partial charge in [0.05, 0.1) is 12.1 Å². The minimum atomic E-state index is 0.576. The summed E-state index contributed by atoms with van der Waals surface area (Å²) in [4.78, 5) is 4.23. The highest BCUT2D eigenvalue weighted by atomic mass is 15.9. The number of rotatable bonds is 2. The summed E-state index contributed by atoms with van der Waals surface area (Å²) in [5, 5.41) is 3.13. The lowest BCUT2D eigenvalue weighted by Gasteiger charge is -1.99. The molecular weight excluding hydrogens is 114 g/mol. The normalized spacial score (nSPS) is 12.2. The predicted molar refractivity (Wildman–Crippen MR) is 37.5 cm³/mol. The average molecular weight is 129 g/mol. The monoisotopic (exact) mass is 129 g/mol. The second kappa shape index (κ2) is 1.97. The molecule has 0 unspecified atom stereocenters. The molecule has 0 fully saturated rings. The molecule has 1 N–H and O–H groups in total. The molecule has 0 aromatic carbocycles. The molecule has 0 bridgehead atoms. The fourth-order valence-electron chi connectivity index (χ4n) is 0.814. The highest BCUT2D eigenvalue weighted by molar-refractivity contribution is 4.57. The standard InChI is InChI=1S/C6H15N3/c1-5(2)8-7-9(8)6(3)4/h5-7H,1-4H3. The van der Waals surface area contributed by atoms with Crippen molar-refractivity contribution < 1.29 is 0 Å². The van der Waals surface area contributed by atoms with E-state index in [1.165, 1.54) is 0 Å². The van der Waals surface area contributed by atoms with E-state index < -0.39 is 0 Å². The number of nitrogens with one attached hydrogen (secondary N) is 1. The third kappa shape index (κ3) is 1.20. The van der Waals surface area contributed by atoms with Crippen LogP contribution in [0.15, 0.2) is 0 Å². The molecule has 0 aliphatic rings. The van der Waals surface area contributed by atoms with Crippen LogP contribution in [0.1, 0.15) is 39.8 Å². The largest absolute Gasteiger partial charge is 0.207 e. The Bertz CT molecular complexity index is 149. The Balaban J connectivity index is 2.50. The number of hydrogen-bond donors (Lipinski definition) is 1. The van der Waals surface area contributed by atoms with Crippen molar-refractivity contribution in [2.24, 2.45) is 0 Å². The zero-order valence-corrected chi connectivity index (χ0v) is 6.55. The van der Waals surface area contributed by atoms with Gasteiger partial charge in [-0.2, -0.15) is 9.59 Å². The van der Waals surface area contributed by atoms with Gasteiger partial charge in [-0.05, 0) is 27.7 Å². The minimum absolute atomic E-state index is 0.576. The molecule has 3 nitrogen and oxygen atoms in total. The van der Waals surface area contributed by atoms with Crippen molar-refractivity contribution in [1.82, 2.24) is 14.8 Å². The van der Waals surface area contributed by atoms with Crippen molar-refractivity contribution in [3.05, 3.63) is 0 Å². The van der Waals surface area contributed by atoms with Gasteiger partial charge >= 0.3 is 0 Å². The minimum Gasteiger partial charge on any atom is -0.207 e. The van der Waals surface area contributed by atoms with Crippen LogP contribution in [-0.2, 0) is 0 Å². The molecule has 0 amide bonds. The Hall–Kier alpha value is -0.600. The van der Waals surface area contributed by atoms with Gasteiger partial charge in [0.15, 0.2) is 0 Å². The molecule has 3 heteroatoms. The highest BCUT2D eigenvalue weighted by Crippen LogP contribution is 2.10. The molecule has 54 valence electrons. The van der Waals surface area contributed by atoms with Crippen LogP contribution in [0.2, 0.25) is 0 Å². The third-order valence-corrected chi connectivity index (χ3v) is 1.38. The molecule has 0 aliphatic heterocycles. The van der Waals surface area contributed by atoms with Crippen molar-refractivity contribution in [3.8, 4) is 0 Å². The van der Waals surface area contributed by atoms with Gasteiger partial charge in [0.1, 0.15) is 0 Å². The number of aromatic nitrogens is 3. The molecule has 0 aliphatic carbocycles. The number of hydrogen-bond acceptors (Lipinski definition) is 0. The first-order valence-electron chi connectivity index (χ1n) is 3.47. The Kier molecular flexibility index (Phi) is 1.43. The van der Waals surface area contributed by atoms with E-state index >= 15 is 0 Å². The second-order valence-corrected chi connectivity index (χ2v) is 2.98. The quantitative estimate of drug-likeness (QED) is 0.630. The Morgan fingerprint density at radius 2 is 1.22 bits per heavy atom. The summed E-state index contributed by atoms with van der Waals surface area (Å²) in [6, 6.07) is 1.15. The van der Waals surface area contributed by atoms with Gasteiger partial charge in [0.25, 0.3) is 0 Å². The molecule has 0 saturated carbocycles. The molecule has 0 spiro atoms. The molecule has 1 aromatic rings. The summed E-state index contributed by atoms with van der Waals surface area (Å²) in [7, 11) is 0. The predicted octanol–water partition coefficient (Wildman–Crippen LogP) is 1.78. The molecule has 0 saturated heterocycles. The first-order valence-corrected chi connectivity index (χ1v) is 3.47.